The first-order valence-corrected chi connectivity index (χ1v) is 3.95. The van der Waals surface area contributed by atoms with Gasteiger partial charge in [0.25, 0.3) is 6.43 Å². The van der Waals surface area contributed by atoms with Crippen molar-refractivity contribution in [3.63, 3.8) is 0 Å². The van der Waals surface area contributed by atoms with Gasteiger partial charge in [0.2, 0.25) is 0 Å². The average Bonchev–Trinajstić information content (AvgIpc) is 2.08. The molecule has 0 aliphatic rings. The lowest BCUT2D eigenvalue weighted by Crippen LogP contribution is -1.98. The predicted molar refractivity (Wildman–Crippen MR) is 47.0 cm³/mol. The Bertz CT molecular complexity index is 289. The summed E-state index contributed by atoms with van der Waals surface area (Å²) in [5, 5.41) is 0. The minimum atomic E-state index is -2.55. The standard InChI is InChI=1S/C9H11F2NO/c1-2-13-8-4-3-6(12)5-7(8)9(10)11/h3-5,9H,2,12H2,1H3. The first-order chi connectivity index (χ1) is 6.15. The molecule has 0 aromatic heterocycles. The first-order valence-electron chi connectivity index (χ1n) is 3.95. The lowest BCUT2D eigenvalue weighted by Gasteiger charge is -2.09. The quantitative estimate of drug-likeness (QED) is 0.738. The van der Waals surface area contributed by atoms with Crippen LogP contribution in [-0.4, -0.2) is 6.61 Å². The van der Waals surface area contributed by atoms with Crippen LogP contribution in [0.5, 0.6) is 5.75 Å². The molecule has 0 amide bonds. The van der Waals surface area contributed by atoms with Gasteiger partial charge in [-0.2, -0.15) is 0 Å². The Labute approximate surface area is 75.3 Å². The Morgan fingerprint density at radius 3 is 2.69 bits per heavy atom. The maximum atomic E-state index is 12.4. The summed E-state index contributed by atoms with van der Waals surface area (Å²) < 4.78 is 29.8. The van der Waals surface area contributed by atoms with E-state index in [9.17, 15) is 8.78 Å². The number of hydrogen-bond acceptors (Lipinski definition) is 2. The van der Waals surface area contributed by atoms with E-state index >= 15 is 0 Å². The second kappa shape index (κ2) is 4.07. The van der Waals surface area contributed by atoms with Gasteiger partial charge < -0.3 is 10.5 Å². The molecule has 2 nitrogen and oxygen atoms in total. The molecule has 0 atom stereocenters. The van der Waals surface area contributed by atoms with Crippen LogP contribution >= 0.6 is 0 Å². The Morgan fingerprint density at radius 2 is 2.15 bits per heavy atom. The van der Waals surface area contributed by atoms with E-state index in [1.54, 1.807) is 6.92 Å². The zero-order valence-electron chi connectivity index (χ0n) is 7.26. The molecule has 2 N–H and O–H groups in total. The maximum Gasteiger partial charge on any atom is 0.267 e. The van der Waals surface area contributed by atoms with E-state index in [4.69, 9.17) is 10.5 Å². The van der Waals surface area contributed by atoms with Gasteiger partial charge in [0.05, 0.1) is 12.2 Å². The Kier molecular flexibility index (Phi) is 3.06. The molecule has 0 bridgehead atoms. The second-order valence-electron chi connectivity index (χ2n) is 2.53. The molecule has 0 radical (unpaired) electrons. The zero-order valence-corrected chi connectivity index (χ0v) is 7.26. The van der Waals surface area contributed by atoms with E-state index in [0.717, 1.165) is 0 Å². The van der Waals surface area contributed by atoms with Crippen molar-refractivity contribution in [2.75, 3.05) is 12.3 Å². The van der Waals surface area contributed by atoms with Gasteiger partial charge in [0.15, 0.2) is 0 Å². The molecule has 13 heavy (non-hydrogen) atoms. The number of nitrogens with two attached hydrogens (primary N) is 1. The molecule has 0 aliphatic carbocycles. The van der Waals surface area contributed by atoms with E-state index in [2.05, 4.69) is 0 Å². The van der Waals surface area contributed by atoms with Crippen molar-refractivity contribution >= 4 is 5.69 Å². The molecule has 4 heteroatoms. The van der Waals surface area contributed by atoms with E-state index in [1.165, 1.54) is 18.2 Å². The molecule has 0 saturated heterocycles. The van der Waals surface area contributed by atoms with Gasteiger partial charge in [0.1, 0.15) is 5.75 Å². The van der Waals surface area contributed by atoms with E-state index in [0.29, 0.717) is 12.3 Å². The van der Waals surface area contributed by atoms with Crippen LogP contribution < -0.4 is 10.5 Å². The highest BCUT2D eigenvalue weighted by Gasteiger charge is 2.13. The highest BCUT2D eigenvalue weighted by molar-refractivity contribution is 5.48. The number of nitrogen functional groups attached to an aromatic ring is 1. The van der Waals surface area contributed by atoms with E-state index in [1.807, 2.05) is 0 Å². The summed E-state index contributed by atoms with van der Waals surface area (Å²) in [6.07, 6.45) is -2.55. The van der Waals surface area contributed by atoms with Crippen molar-refractivity contribution in [2.45, 2.75) is 13.3 Å². The van der Waals surface area contributed by atoms with Crippen LogP contribution in [0.1, 0.15) is 18.9 Å². The molecule has 1 aromatic carbocycles. The molecule has 1 rings (SSSR count). The molecule has 0 spiro atoms. The van der Waals surface area contributed by atoms with Gasteiger partial charge in [-0.1, -0.05) is 0 Å². The molecule has 0 heterocycles. The van der Waals surface area contributed by atoms with Gasteiger partial charge in [-0.05, 0) is 25.1 Å². The number of halogens is 2. The SMILES string of the molecule is CCOc1ccc(N)cc1C(F)F. The predicted octanol–water partition coefficient (Wildman–Crippen LogP) is 2.61. The van der Waals surface area contributed by atoms with Crippen LogP contribution in [0.4, 0.5) is 14.5 Å². The summed E-state index contributed by atoms with van der Waals surface area (Å²) in [7, 11) is 0. The van der Waals surface area contributed by atoms with Gasteiger partial charge in [-0.25, -0.2) is 8.78 Å². The summed E-state index contributed by atoms with van der Waals surface area (Å²) in [4.78, 5) is 0. The minimum Gasteiger partial charge on any atom is -0.493 e. The highest BCUT2D eigenvalue weighted by atomic mass is 19.3. The molecular weight excluding hydrogens is 176 g/mol. The van der Waals surface area contributed by atoms with Crippen molar-refractivity contribution < 1.29 is 13.5 Å². The normalized spacial score (nSPS) is 10.5. The van der Waals surface area contributed by atoms with Crippen LogP contribution in [0, 0.1) is 0 Å². The molecule has 1 aromatic rings. The van der Waals surface area contributed by atoms with Crippen LogP contribution in [0.2, 0.25) is 0 Å². The van der Waals surface area contributed by atoms with Crippen molar-refractivity contribution in [1.29, 1.82) is 0 Å². The minimum absolute atomic E-state index is 0.151. The smallest absolute Gasteiger partial charge is 0.267 e. The van der Waals surface area contributed by atoms with Crippen molar-refractivity contribution in [3.05, 3.63) is 23.8 Å². The summed E-state index contributed by atoms with van der Waals surface area (Å²) in [5.74, 6) is 0.201. The topological polar surface area (TPSA) is 35.2 Å². The van der Waals surface area contributed by atoms with Gasteiger partial charge in [0, 0.05) is 5.69 Å². The summed E-state index contributed by atoms with van der Waals surface area (Å²) in [5.41, 5.74) is 5.54. The Morgan fingerprint density at radius 1 is 1.46 bits per heavy atom. The average molecular weight is 187 g/mol. The number of hydrogen-bond donors (Lipinski definition) is 1. The van der Waals surface area contributed by atoms with Gasteiger partial charge in [-0.3, -0.25) is 0 Å². The maximum absolute atomic E-state index is 12.4. The Balaban J connectivity index is 3.03. The van der Waals surface area contributed by atoms with Gasteiger partial charge in [-0.15, -0.1) is 0 Å². The summed E-state index contributed by atoms with van der Waals surface area (Å²) >= 11 is 0. The lowest BCUT2D eigenvalue weighted by molar-refractivity contribution is 0.145. The zero-order chi connectivity index (χ0) is 9.84. The largest absolute Gasteiger partial charge is 0.493 e. The van der Waals surface area contributed by atoms with Crippen molar-refractivity contribution in [1.82, 2.24) is 0 Å². The molecule has 0 fully saturated rings. The summed E-state index contributed by atoms with van der Waals surface area (Å²) in [6, 6.07) is 4.23. The number of anilines is 1. The van der Waals surface area contributed by atoms with Crippen LogP contribution in [0.15, 0.2) is 18.2 Å². The van der Waals surface area contributed by atoms with Crippen LogP contribution in [0.25, 0.3) is 0 Å². The van der Waals surface area contributed by atoms with Crippen molar-refractivity contribution in [3.8, 4) is 5.75 Å². The fraction of sp³-hybridized carbons (Fsp3) is 0.333. The van der Waals surface area contributed by atoms with E-state index in [-0.39, 0.29) is 11.3 Å². The molecule has 72 valence electrons. The number of ether oxygens (including phenoxy) is 1. The molecular formula is C9H11F2NO. The molecule has 0 saturated carbocycles. The first kappa shape index (κ1) is 9.77. The molecule has 0 unspecified atom stereocenters. The fourth-order valence-electron chi connectivity index (χ4n) is 1.02. The fourth-order valence-corrected chi connectivity index (χ4v) is 1.02. The second-order valence-corrected chi connectivity index (χ2v) is 2.53. The summed E-state index contributed by atoms with van der Waals surface area (Å²) in [6.45, 7) is 2.11. The monoisotopic (exact) mass is 187 g/mol. The third-order valence-corrected chi connectivity index (χ3v) is 1.57. The van der Waals surface area contributed by atoms with Crippen LogP contribution in [0.3, 0.4) is 0 Å². The molecule has 0 aliphatic heterocycles. The van der Waals surface area contributed by atoms with Crippen LogP contribution in [-0.2, 0) is 0 Å². The number of rotatable bonds is 3. The lowest BCUT2D eigenvalue weighted by atomic mass is 10.2. The van der Waals surface area contributed by atoms with E-state index < -0.39 is 6.43 Å². The number of benzene rings is 1. The third-order valence-electron chi connectivity index (χ3n) is 1.57. The third kappa shape index (κ3) is 2.31. The van der Waals surface area contributed by atoms with Gasteiger partial charge >= 0.3 is 0 Å². The van der Waals surface area contributed by atoms with Crippen molar-refractivity contribution in [2.24, 2.45) is 0 Å². The highest BCUT2D eigenvalue weighted by Crippen LogP contribution is 2.30. The Hall–Kier alpha value is -1.32. The number of alkyl halides is 2.